The van der Waals surface area contributed by atoms with Gasteiger partial charge in [0, 0.05) is 14.2 Å². The van der Waals surface area contributed by atoms with E-state index in [-0.39, 0.29) is 0 Å². The van der Waals surface area contributed by atoms with Gasteiger partial charge in [-0.3, -0.25) is 0 Å². The average molecular weight is 180 g/mol. The molecule has 0 heterocycles. The third-order valence-electron chi connectivity index (χ3n) is 0.913. The second kappa shape index (κ2) is 5.27. The van der Waals surface area contributed by atoms with Gasteiger partial charge in [0.2, 0.25) is 0 Å². The first-order valence-corrected chi connectivity index (χ1v) is 4.48. The molecule has 0 rings (SSSR count). The molecule has 0 unspecified atom stereocenters. The molecule has 0 aliphatic heterocycles. The van der Waals surface area contributed by atoms with Crippen LogP contribution in [0, 0.1) is 0 Å². The summed E-state index contributed by atoms with van der Waals surface area (Å²) in [5.41, 5.74) is 0. The van der Waals surface area contributed by atoms with Crippen LogP contribution in [-0.4, -0.2) is 30.4 Å². The van der Waals surface area contributed by atoms with Gasteiger partial charge in [-0.1, -0.05) is 6.58 Å². The third-order valence-corrected chi connectivity index (χ3v) is 2.74. The van der Waals surface area contributed by atoms with Crippen molar-refractivity contribution in [2.24, 2.45) is 0 Å². The highest BCUT2D eigenvalue weighted by Gasteiger charge is 2.47. The predicted octanol–water partition coefficient (Wildman–Crippen LogP) is 0.453. The van der Waals surface area contributed by atoms with E-state index in [1.54, 1.807) is 0 Å². The fraction of sp³-hybridized carbons (Fsp3) is 0.600. The van der Waals surface area contributed by atoms with Gasteiger partial charge in [0.1, 0.15) is 0 Å². The molecule has 0 saturated heterocycles. The van der Waals surface area contributed by atoms with Crippen LogP contribution in [0.4, 0.5) is 0 Å². The monoisotopic (exact) mass is 180 g/mol. The van der Waals surface area contributed by atoms with E-state index in [0.29, 0.717) is 0 Å². The Labute approximate surface area is 66.9 Å². The van der Waals surface area contributed by atoms with Crippen molar-refractivity contribution in [3.8, 4) is 0 Å². The van der Waals surface area contributed by atoms with Crippen molar-refractivity contribution in [2.75, 3.05) is 21.3 Å². The zero-order valence-corrected chi connectivity index (χ0v) is 7.83. The normalized spacial score (nSPS) is 11.2. The molecule has 0 amide bonds. The van der Waals surface area contributed by atoms with Gasteiger partial charge in [0.05, 0.1) is 13.4 Å². The van der Waals surface area contributed by atoms with Crippen LogP contribution in [-0.2, 0) is 22.7 Å². The first-order chi connectivity index (χ1) is 5.24. The van der Waals surface area contributed by atoms with Crippen LogP contribution >= 0.6 is 0 Å². The van der Waals surface area contributed by atoms with Crippen LogP contribution in [0.3, 0.4) is 0 Å². The molecular formula is C5H12O5Si. The minimum Gasteiger partial charge on any atom is -0.486 e. The largest absolute Gasteiger partial charge is 0.777 e. The predicted molar refractivity (Wildman–Crippen MR) is 39.1 cm³/mol. The Kier molecular flexibility index (Phi) is 5.08. The molecule has 0 aliphatic carbocycles. The number of rotatable bonds is 6. The highest BCUT2D eigenvalue weighted by Crippen LogP contribution is 2.08. The van der Waals surface area contributed by atoms with Gasteiger partial charge in [0.15, 0.2) is 0 Å². The quantitative estimate of drug-likeness (QED) is 0.257. The summed E-state index contributed by atoms with van der Waals surface area (Å²) in [6.45, 7) is 3.34. The lowest BCUT2D eigenvalue weighted by atomic mass is 11.2. The highest BCUT2D eigenvalue weighted by molar-refractivity contribution is 6.53. The smallest absolute Gasteiger partial charge is 0.486 e. The molecule has 11 heavy (non-hydrogen) atoms. The van der Waals surface area contributed by atoms with Crippen LogP contribution in [0.2, 0.25) is 0 Å². The maximum absolute atomic E-state index is 4.88. The topological polar surface area (TPSA) is 46.2 Å². The Bertz CT molecular complexity index is 113. The highest BCUT2D eigenvalue weighted by atomic mass is 28.4. The summed E-state index contributed by atoms with van der Waals surface area (Å²) in [6, 6.07) is 0. The molecule has 0 aliphatic rings. The fourth-order valence-electron chi connectivity index (χ4n) is 0.471. The Morgan fingerprint density at radius 3 is 2.00 bits per heavy atom. The van der Waals surface area contributed by atoms with Crippen molar-refractivity contribution >= 4 is 9.05 Å². The van der Waals surface area contributed by atoms with E-state index >= 15 is 0 Å². The summed E-state index contributed by atoms with van der Waals surface area (Å²) >= 11 is 0. The van der Waals surface area contributed by atoms with Gasteiger partial charge >= 0.3 is 9.05 Å². The molecular weight excluding hydrogens is 168 g/mol. The van der Waals surface area contributed by atoms with Gasteiger partial charge in [0.25, 0.3) is 0 Å². The molecule has 0 aromatic carbocycles. The van der Waals surface area contributed by atoms with Crippen molar-refractivity contribution in [3.05, 3.63) is 12.8 Å². The number of hydrogen-bond donors (Lipinski definition) is 0. The Morgan fingerprint density at radius 2 is 1.73 bits per heavy atom. The minimum absolute atomic E-state index is 1.18. The van der Waals surface area contributed by atoms with Crippen LogP contribution < -0.4 is 0 Å². The van der Waals surface area contributed by atoms with Gasteiger partial charge in [-0.05, 0) is 0 Å². The van der Waals surface area contributed by atoms with E-state index in [1.165, 1.54) is 27.6 Å². The van der Waals surface area contributed by atoms with Crippen LogP contribution in [0.5, 0.6) is 0 Å². The van der Waals surface area contributed by atoms with Crippen molar-refractivity contribution in [1.82, 2.24) is 0 Å². The van der Waals surface area contributed by atoms with E-state index in [0.717, 1.165) is 0 Å². The summed E-state index contributed by atoms with van der Waals surface area (Å²) in [6.07, 6.45) is 1.18. The van der Waals surface area contributed by atoms with E-state index in [1.807, 2.05) is 0 Å². The molecule has 0 fully saturated rings. The lowest BCUT2D eigenvalue weighted by molar-refractivity contribution is -0.245. The van der Waals surface area contributed by atoms with Gasteiger partial charge in [-0.25, -0.2) is 4.89 Å². The molecule has 0 saturated carbocycles. The van der Waals surface area contributed by atoms with Crippen LogP contribution in [0.25, 0.3) is 0 Å². The fourth-order valence-corrected chi connectivity index (χ4v) is 1.41. The second-order valence-corrected chi connectivity index (χ2v) is 3.66. The van der Waals surface area contributed by atoms with Gasteiger partial charge in [-0.15, -0.1) is 0 Å². The first kappa shape index (κ1) is 10.6. The molecule has 0 radical (unpaired) electrons. The third kappa shape index (κ3) is 3.00. The summed E-state index contributed by atoms with van der Waals surface area (Å²) in [7, 11) is 1.06. The molecule has 6 heteroatoms. The Hall–Kier alpha value is -0.403. The number of hydrogen-bond acceptors (Lipinski definition) is 5. The van der Waals surface area contributed by atoms with E-state index in [9.17, 15) is 0 Å². The summed E-state index contributed by atoms with van der Waals surface area (Å²) in [5.74, 6) is 0. The molecule has 0 aromatic heterocycles. The summed E-state index contributed by atoms with van der Waals surface area (Å²) in [5, 5.41) is 0. The zero-order valence-electron chi connectivity index (χ0n) is 6.83. The van der Waals surface area contributed by atoms with Crippen molar-refractivity contribution in [2.45, 2.75) is 0 Å². The summed E-state index contributed by atoms with van der Waals surface area (Å²) in [4.78, 5) is 4.38. The average Bonchev–Trinajstić information content (AvgIpc) is 2.04. The Balaban J connectivity index is 4.06. The molecule has 0 bridgehead atoms. The van der Waals surface area contributed by atoms with E-state index in [2.05, 4.69) is 16.0 Å². The van der Waals surface area contributed by atoms with E-state index in [4.69, 9.17) is 13.3 Å². The van der Waals surface area contributed by atoms with Crippen LogP contribution in [0.1, 0.15) is 0 Å². The van der Waals surface area contributed by atoms with Gasteiger partial charge in [-0.2, -0.15) is 4.58 Å². The molecule has 0 spiro atoms. The maximum atomic E-state index is 4.88. The zero-order chi connectivity index (χ0) is 8.74. The second-order valence-electron chi connectivity index (χ2n) is 1.44. The van der Waals surface area contributed by atoms with Crippen LogP contribution in [0.15, 0.2) is 12.8 Å². The Morgan fingerprint density at radius 1 is 1.18 bits per heavy atom. The minimum atomic E-state index is -3.08. The van der Waals surface area contributed by atoms with Crippen molar-refractivity contribution < 1.29 is 22.7 Å². The van der Waals surface area contributed by atoms with Crippen molar-refractivity contribution in [1.29, 1.82) is 0 Å². The SMILES string of the molecule is C=CO[Si](OC)(OC)OOC. The lowest BCUT2D eigenvalue weighted by Crippen LogP contribution is -2.45. The molecule has 0 atom stereocenters. The van der Waals surface area contributed by atoms with Gasteiger partial charge < -0.3 is 13.3 Å². The van der Waals surface area contributed by atoms with E-state index < -0.39 is 9.05 Å². The first-order valence-electron chi connectivity index (χ1n) is 2.85. The maximum Gasteiger partial charge on any atom is 0.777 e. The molecule has 66 valence electrons. The standard InChI is InChI=1S/C5H12O5Si/c1-5-9-11(7-3,8-4)10-6-2/h5H,1H2,2-4H3. The molecule has 5 nitrogen and oxygen atoms in total. The summed E-state index contributed by atoms with van der Waals surface area (Å²) < 4.78 is 19.2. The lowest BCUT2D eigenvalue weighted by Gasteiger charge is -2.20. The van der Waals surface area contributed by atoms with Crippen molar-refractivity contribution in [3.63, 3.8) is 0 Å². The molecule has 0 N–H and O–H groups in total. The molecule has 0 aromatic rings.